The summed E-state index contributed by atoms with van der Waals surface area (Å²) in [5.74, 6) is 0.447. The monoisotopic (exact) mass is 411 g/mol. The van der Waals surface area contributed by atoms with Gasteiger partial charge >= 0.3 is 0 Å². The van der Waals surface area contributed by atoms with Gasteiger partial charge < -0.3 is 4.74 Å². The van der Waals surface area contributed by atoms with Crippen LogP contribution in [0.3, 0.4) is 0 Å². The van der Waals surface area contributed by atoms with Crippen LogP contribution in [-0.4, -0.2) is 19.8 Å². The third-order valence-electron chi connectivity index (χ3n) is 3.25. The van der Waals surface area contributed by atoms with E-state index >= 15 is 0 Å². The van der Waals surface area contributed by atoms with E-state index in [0.29, 0.717) is 16.5 Å². The maximum absolute atomic E-state index is 12.5. The molecular weight excluding hydrogens is 402 g/mol. The van der Waals surface area contributed by atoms with Gasteiger partial charge in [0.1, 0.15) is 21.6 Å². The lowest BCUT2D eigenvalue weighted by molar-refractivity contribution is 0.495. The molecule has 0 aliphatic heterocycles. The van der Waals surface area contributed by atoms with Crippen LogP contribution in [0.5, 0.6) is 10.8 Å². The number of thiophene rings is 1. The molecular formula is C15H10ClN3O3S3. The number of aromatic nitrogens is 1. The third kappa shape index (κ3) is 3.48. The van der Waals surface area contributed by atoms with Crippen molar-refractivity contribution in [3.8, 4) is 16.9 Å². The number of benzene rings is 1. The first-order valence-corrected chi connectivity index (χ1v) is 10.3. The molecule has 0 fully saturated rings. The predicted molar refractivity (Wildman–Crippen MR) is 98.3 cm³/mol. The van der Waals surface area contributed by atoms with Crippen molar-refractivity contribution in [1.82, 2.24) is 4.37 Å². The van der Waals surface area contributed by atoms with Gasteiger partial charge in [0.05, 0.1) is 5.69 Å². The van der Waals surface area contributed by atoms with Gasteiger partial charge in [0, 0.05) is 18.6 Å². The lowest BCUT2D eigenvalue weighted by atomic mass is 10.3. The van der Waals surface area contributed by atoms with Gasteiger partial charge in [0.25, 0.3) is 10.0 Å². The number of hydrogen-bond acceptors (Lipinski definition) is 7. The molecule has 0 radical (unpaired) electrons. The fourth-order valence-corrected chi connectivity index (χ4v) is 5.20. The number of rotatable bonds is 5. The first-order valence-electron chi connectivity index (χ1n) is 6.79. The summed E-state index contributed by atoms with van der Waals surface area (Å²) in [6, 6.07) is 11.7. The van der Waals surface area contributed by atoms with E-state index in [0.717, 1.165) is 22.9 Å². The zero-order valence-electron chi connectivity index (χ0n) is 12.7. The summed E-state index contributed by atoms with van der Waals surface area (Å²) in [5, 5.41) is 11.1. The first-order chi connectivity index (χ1) is 11.9. The van der Waals surface area contributed by atoms with Gasteiger partial charge in [-0.3, -0.25) is 4.31 Å². The highest BCUT2D eigenvalue weighted by Gasteiger charge is 2.22. The number of nitriles is 1. The van der Waals surface area contributed by atoms with Gasteiger partial charge in [-0.1, -0.05) is 17.7 Å². The molecule has 0 atom stereocenters. The van der Waals surface area contributed by atoms with Crippen LogP contribution in [0.4, 0.5) is 5.69 Å². The Hall–Kier alpha value is -2.12. The maximum atomic E-state index is 12.5. The Balaban J connectivity index is 1.82. The number of hydrogen-bond donors (Lipinski definition) is 0. The Bertz CT molecular complexity index is 1020. The number of sulfonamides is 1. The summed E-state index contributed by atoms with van der Waals surface area (Å²) in [6.07, 6.45) is 0. The minimum absolute atomic E-state index is 0.0981. The second-order valence-electron chi connectivity index (χ2n) is 4.75. The molecule has 0 saturated heterocycles. The lowest BCUT2D eigenvalue weighted by Gasteiger charge is -2.18. The van der Waals surface area contributed by atoms with E-state index in [1.54, 1.807) is 41.8 Å². The summed E-state index contributed by atoms with van der Waals surface area (Å²) >= 11 is 7.94. The number of anilines is 1. The number of halogens is 1. The van der Waals surface area contributed by atoms with Gasteiger partial charge in [0.2, 0.25) is 5.06 Å². The summed E-state index contributed by atoms with van der Waals surface area (Å²) in [4.78, 5) is 0. The topological polar surface area (TPSA) is 83.3 Å². The minimum atomic E-state index is -3.59. The molecule has 3 rings (SSSR count). The van der Waals surface area contributed by atoms with Crippen LogP contribution in [0.15, 0.2) is 46.0 Å². The van der Waals surface area contributed by atoms with E-state index in [-0.39, 0.29) is 14.9 Å². The lowest BCUT2D eigenvalue weighted by Crippen LogP contribution is -2.25. The molecule has 25 heavy (non-hydrogen) atoms. The Kier molecular flexibility index (Phi) is 4.96. The zero-order chi connectivity index (χ0) is 18.0. The summed E-state index contributed by atoms with van der Waals surface area (Å²) in [5.41, 5.74) is 0.664. The van der Waals surface area contributed by atoms with Crippen molar-refractivity contribution >= 4 is 50.2 Å². The fraction of sp³-hybridized carbons (Fsp3) is 0.0667. The van der Waals surface area contributed by atoms with Gasteiger partial charge in [-0.05, 0) is 35.7 Å². The van der Waals surface area contributed by atoms with Crippen molar-refractivity contribution < 1.29 is 13.2 Å². The fourth-order valence-electron chi connectivity index (χ4n) is 1.93. The van der Waals surface area contributed by atoms with Crippen molar-refractivity contribution in [3.63, 3.8) is 0 Å². The third-order valence-corrected chi connectivity index (χ3v) is 7.51. The normalized spacial score (nSPS) is 11.1. The SMILES string of the molecule is CN(c1ccc(Oc2snc(Cl)c2C#N)cc1)S(=O)(=O)c1cccs1. The Morgan fingerprint density at radius 1 is 1.28 bits per heavy atom. The molecule has 0 amide bonds. The molecule has 0 bridgehead atoms. The van der Waals surface area contributed by atoms with Crippen molar-refractivity contribution in [2.75, 3.05) is 11.4 Å². The summed E-state index contributed by atoms with van der Waals surface area (Å²) in [6.45, 7) is 0. The van der Waals surface area contributed by atoms with Gasteiger partial charge in [-0.15, -0.1) is 11.3 Å². The van der Waals surface area contributed by atoms with Crippen LogP contribution in [0.25, 0.3) is 0 Å². The van der Waals surface area contributed by atoms with Crippen molar-refractivity contribution in [3.05, 3.63) is 52.5 Å². The van der Waals surface area contributed by atoms with E-state index < -0.39 is 10.0 Å². The van der Waals surface area contributed by atoms with Crippen LogP contribution < -0.4 is 9.04 Å². The Morgan fingerprint density at radius 3 is 2.60 bits per heavy atom. The smallest absolute Gasteiger partial charge is 0.273 e. The molecule has 6 nitrogen and oxygen atoms in total. The van der Waals surface area contributed by atoms with Gasteiger partial charge in [0.15, 0.2) is 5.15 Å². The minimum Gasteiger partial charge on any atom is -0.444 e. The van der Waals surface area contributed by atoms with Crippen molar-refractivity contribution in [1.29, 1.82) is 5.26 Å². The highest BCUT2D eigenvalue weighted by atomic mass is 35.5. The zero-order valence-corrected chi connectivity index (χ0v) is 15.9. The average Bonchev–Trinajstić information content (AvgIpc) is 3.25. The molecule has 10 heteroatoms. The van der Waals surface area contributed by atoms with Crippen molar-refractivity contribution in [2.24, 2.45) is 0 Å². The maximum Gasteiger partial charge on any atom is 0.273 e. The van der Waals surface area contributed by atoms with Crippen molar-refractivity contribution in [2.45, 2.75) is 4.21 Å². The van der Waals surface area contributed by atoms with Crippen LogP contribution in [0, 0.1) is 11.3 Å². The van der Waals surface area contributed by atoms with E-state index in [1.165, 1.54) is 11.4 Å². The molecule has 3 aromatic rings. The van der Waals surface area contributed by atoms with Gasteiger partial charge in [-0.25, -0.2) is 8.42 Å². The Labute approximate surface area is 157 Å². The second-order valence-corrected chi connectivity index (χ2v) is 8.99. The average molecular weight is 412 g/mol. The van der Waals surface area contributed by atoms with E-state index in [1.807, 2.05) is 6.07 Å². The molecule has 0 aliphatic rings. The quantitative estimate of drug-likeness (QED) is 0.623. The second kappa shape index (κ2) is 7.01. The molecule has 128 valence electrons. The predicted octanol–water partition coefficient (Wildman–Crippen LogP) is 4.35. The van der Waals surface area contributed by atoms with E-state index in [9.17, 15) is 8.42 Å². The molecule has 0 spiro atoms. The molecule has 0 unspecified atom stereocenters. The molecule has 2 heterocycles. The van der Waals surface area contributed by atoms with Crippen LogP contribution in [-0.2, 0) is 10.0 Å². The van der Waals surface area contributed by atoms with E-state index in [2.05, 4.69) is 4.37 Å². The van der Waals surface area contributed by atoms with E-state index in [4.69, 9.17) is 21.6 Å². The summed E-state index contributed by atoms with van der Waals surface area (Å²) < 4.78 is 35.9. The highest BCUT2D eigenvalue weighted by Crippen LogP contribution is 2.34. The standard InChI is InChI=1S/C15H10ClN3O3S3/c1-19(25(20,21)13-3-2-8-23-13)10-4-6-11(7-5-10)22-15-12(9-17)14(16)18-24-15/h2-8H,1H3. The first kappa shape index (κ1) is 17.7. The van der Waals surface area contributed by atoms with Crippen LogP contribution in [0.1, 0.15) is 5.56 Å². The number of nitrogens with zero attached hydrogens (tertiary/aromatic N) is 3. The largest absolute Gasteiger partial charge is 0.444 e. The van der Waals surface area contributed by atoms with Crippen LogP contribution in [0.2, 0.25) is 5.15 Å². The van der Waals surface area contributed by atoms with Crippen LogP contribution >= 0.6 is 34.5 Å². The Morgan fingerprint density at radius 2 is 2.00 bits per heavy atom. The molecule has 2 aromatic heterocycles. The molecule has 0 saturated carbocycles. The van der Waals surface area contributed by atoms with Gasteiger partial charge in [-0.2, -0.15) is 9.64 Å². The molecule has 0 N–H and O–H groups in total. The summed E-state index contributed by atoms with van der Waals surface area (Å²) in [7, 11) is -2.10. The molecule has 0 aliphatic carbocycles. The number of ether oxygens (including phenoxy) is 1. The molecule has 1 aromatic carbocycles. The highest BCUT2D eigenvalue weighted by molar-refractivity contribution is 7.94.